The average molecular weight is 267 g/mol. The highest BCUT2D eigenvalue weighted by molar-refractivity contribution is 5.83. The molecular weight excluding hydrogens is 250 g/mol. The first-order chi connectivity index (χ1) is 9.69. The lowest BCUT2D eigenvalue weighted by Gasteiger charge is -2.08. The molecule has 2 aromatic carbocycles. The van der Waals surface area contributed by atoms with Crippen LogP contribution in [-0.2, 0) is 9.53 Å². The van der Waals surface area contributed by atoms with Crippen LogP contribution < -0.4 is 5.32 Å². The number of benzene rings is 2. The number of carbonyl (C=O) groups is 1. The molecule has 0 heterocycles. The molecule has 0 bridgehead atoms. The number of hydrogen-bond donors (Lipinski definition) is 1. The van der Waals surface area contributed by atoms with E-state index < -0.39 is 0 Å². The molecule has 0 aliphatic heterocycles. The second-order valence-electron chi connectivity index (χ2n) is 4.42. The lowest BCUT2D eigenvalue weighted by molar-refractivity contribution is -0.134. The van der Waals surface area contributed by atoms with Gasteiger partial charge in [0.1, 0.15) is 0 Å². The molecule has 0 aromatic heterocycles. The van der Waals surface area contributed by atoms with Crippen LogP contribution in [0.2, 0.25) is 0 Å². The van der Waals surface area contributed by atoms with Crippen molar-refractivity contribution in [3.63, 3.8) is 0 Å². The van der Waals surface area contributed by atoms with E-state index in [4.69, 9.17) is 0 Å². The fourth-order valence-electron chi connectivity index (χ4n) is 1.88. The van der Waals surface area contributed by atoms with Gasteiger partial charge < -0.3 is 10.1 Å². The maximum Gasteiger partial charge on any atom is 0.332 e. The molecule has 0 saturated heterocycles. The Kier molecular flexibility index (Phi) is 4.56. The molecule has 0 saturated carbocycles. The quantitative estimate of drug-likeness (QED) is 0.675. The molecule has 0 fully saturated rings. The standard InChI is InChI=1S/C17H17NO2/c1-13(12-17(19)20-2)18-16-10-8-15(9-11-16)14-6-4-3-5-7-14/h3-12,18H,1-2H3/b13-12+. The third-order valence-electron chi connectivity index (χ3n) is 2.87. The van der Waals surface area contributed by atoms with Gasteiger partial charge in [0.2, 0.25) is 0 Å². The molecule has 3 heteroatoms. The predicted molar refractivity (Wildman–Crippen MR) is 81.3 cm³/mol. The summed E-state index contributed by atoms with van der Waals surface area (Å²) in [6.07, 6.45) is 1.42. The topological polar surface area (TPSA) is 38.3 Å². The summed E-state index contributed by atoms with van der Waals surface area (Å²) in [5, 5.41) is 3.15. The first-order valence-electron chi connectivity index (χ1n) is 6.38. The molecule has 2 rings (SSSR count). The number of anilines is 1. The minimum Gasteiger partial charge on any atom is -0.466 e. The van der Waals surface area contributed by atoms with E-state index in [0.717, 1.165) is 16.9 Å². The number of nitrogens with one attached hydrogen (secondary N) is 1. The van der Waals surface area contributed by atoms with Crippen molar-refractivity contribution in [2.45, 2.75) is 6.92 Å². The first-order valence-corrected chi connectivity index (χ1v) is 6.38. The van der Waals surface area contributed by atoms with Gasteiger partial charge in [-0.25, -0.2) is 4.79 Å². The summed E-state index contributed by atoms with van der Waals surface area (Å²) in [7, 11) is 1.36. The number of methoxy groups -OCH3 is 1. The zero-order chi connectivity index (χ0) is 14.4. The van der Waals surface area contributed by atoms with Gasteiger partial charge in [-0.2, -0.15) is 0 Å². The van der Waals surface area contributed by atoms with E-state index in [2.05, 4.69) is 22.2 Å². The Morgan fingerprint density at radius 2 is 1.60 bits per heavy atom. The molecule has 0 radical (unpaired) electrons. The van der Waals surface area contributed by atoms with Gasteiger partial charge in [-0.1, -0.05) is 42.5 Å². The van der Waals surface area contributed by atoms with Gasteiger partial charge >= 0.3 is 5.97 Å². The number of allylic oxidation sites excluding steroid dienone is 1. The summed E-state index contributed by atoms with van der Waals surface area (Å²) in [4.78, 5) is 11.1. The normalized spacial score (nSPS) is 11.0. The monoisotopic (exact) mass is 267 g/mol. The highest BCUT2D eigenvalue weighted by Gasteiger charge is 1.99. The van der Waals surface area contributed by atoms with Crippen molar-refractivity contribution in [2.75, 3.05) is 12.4 Å². The first kappa shape index (κ1) is 13.9. The fourth-order valence-corrected chi connectivity index (χ4v) is 1.88. The fraction of sp³-hybridized carbons (Fsp3) is 0.118. The van der Waals surface area contributed by atoms with Crippen LogP contribution in [0, 0.1) is 0 Å². The van der Waals surface area contributed by atoms with E-state index in [-0.39, 0.29) is 5.97 Å². The van der Waals surface area contributed by atoms with E-state index in [9.17, 15) is 4.79 Å². The van der Waals surface area contributed by atoms with Gasteiger partial charge in [0.15, 0.2) is 0 Å². The molecule has 0 unspecified atom stereocenters. The van der Waals surface area contributed by atoms with Gasteiger partial charge in [0.05, 0.1) is 7.11 Å². The van der Waals surface area contributed by atoms with Crippen molar-refractivity contribution in [3.05, 3.63) is 66.4 Å². The number of esters is 1. The number of rotatable bonds is 4. The summed E-state index contributed by atoms with van der Waals surface area (Å²) in [5.74, 6) is -0.365. The molecule has 3 nitrogen and oxygen atoms in total. The third-order valence-corrected chi connectivity index (χ3v) is 2.87. The van der Waals surface area contributed by atoms with E-state index in [1.165, 1.54) is 18.7 Å². The molecule has 102 valence electrons. The van der Waals surface area contributed by atoms with Crippen molar-refractivity contribution in [1.82, 2.24) is 0 Å². The Labute approximate surface area is 118 Å². The van der Waals surface area contributed by atoms with Crippen LogP contribution in [0.5, 0.6) is 0 Å². The largest absolute Gasteiger partial charge is 0.466 e. The van der Waals surface area contributed by atoms with E-state index in [1.54, 1.807) is 0 Å². The van der Waals surface area contributed by atoms with Crippen molar-refractivity contribution in [3.8, 4) is 11.1 Å². The maximum absolute atomic E-state index is 11.1. The number of ether oxygens (including phenoxy) is 1. The van der Waals surface area contributed by atoms with E-state index in [1.807, 2.05) is 49.4 Å². The van der Waals surface area contributed by atoms with Gasteiger partial charge in [-0.05, 0) is 30.2 Å². The van der Waals surface area contributed by atoms with Crippen molar-refractivity contribution in [1.29, 1.82) is 0 Å². The Balaban J connectivity index is 2.09. The number of hydrogen-bond acceptors (Lipinski definition) is 3. The van der Waals surface area contributed by atoms with Crippen LogP contribution in [0.25, 0.3) is 11.1 Å². The van der Waals surface area contributed by atoms with Gasteiger partial charge in [-0.15, -0.1) is 0 Å². The highest BCUT2D eigenvalue weighted by atomic mass is 16.5. The molecule has 0 atom stereocenters. The summed E-state index contributed by atoms with van der Waals surface area (Å²) < 4.78 is 4.58. The van der Waals surface area contributed by atoms with Crippen molar-refractivity contribution in [2.24, 2.45) is 0 Å². The average Bonchev–Trinajstić information content (AvgIpc) is 2.48. The SMILES string of the molecule is COC(=O)/C=C(\C)Nc1ccc(-c2ccccc2)cc1. The Hall–Kier alpha value is -2.55. The third kappa shape index (κ3) is 3.72. The zero-order valence-electron chi connectivity index (χ0n) is 11.6. The summed E-state index contributed by atoms with van der Waals surface area (Å²) in [5.41, 5.74) is 4.01. The van der Waals surface area contributed by atoms with Crippen LogP contribution >= 0.6 is 0 Å². The molecule has 1 N–H and O–H groups in total. The smallest absolute Gasteiger partial charge is 0.332 e. The Bertz CT molecular complexity index is 601. The van der Waals surface area contributed by atoms with E-state index >= 15 is 0 Å². The zero-order valence-corrected chi connectivity index (χ0v) is 11.6. The van der Waals surface area contributed by atoms with Crippen molar-refractivity contribution >= 4 is 11.7 Å². The lowest BCUT2D eigenvalue weighted by Crippen LogP contribution is -2.01. The molecule has 0 spiro atoms. The molecule has 0 amide bonds. The minimum atomic E-state index is -0.365. The molecule has 0 aliphatic rings. The molecule has 2 aromatic rings. The second kappa shape index (κ2) is 6.57. The maximum atomic E-state index is 11.1. The van der Waals surface area contributed by atoms with Gasteiger partial charge in [-0.3, -0.25) is 0 Å². The van der Waals surface area contributed by atoms with Crippen LogP contribution in [0.4, 0.5) is 5.69 Å². The van der Waals surface area contributed by atoms with Crippen LogP contribution in [0.15, 0.2) is 66.4 Å². The summed E-state index contributed by atoms with van der Waals surface area (Å²) in [6, 6.07) is 18.2. The van der Waals surface area contributed by atoms with Crippen LogP contribution in [0.3, 0.4) is 0 Å². The summed E-state index contributed by atoms with van der Waals surface area (Å²) >= 11 is 0. The highest BCUT2D eigenvalue weighted by Crippen LogP contribution is 2.21. The van der Waals surface area contributed by atoms with Crippen LogP contribution in [0.1, 0.15) is 6.92 Å². The van der Waals surface area contributed by atoms with Gasteiger partial charge in [0, 0.05) is 17.5 Å². The van der Waals surface area contributed by atoms with Gasteiger partial charge in [0.25, 0.3) is 0 Å². The Morgan fingerprint density at radius 3 is 2.20 bits per heavy atom. The second-order valence-corrected chi connectivity index (χ2v) is 4.42. The Morgan fingerprint density at radius 1 is 1.00 bits per heavy atom. The molecular formula is C17H17NO2. The summed E-state index contributed by atoms with van der Waals surface area (Å²) in [6.45, 7) is 1.82. The predicted octanol–water partition coefficient (Wildman–Crippen LogP) is 3.84. The molecule has 20 heavy (non-hydrogen) atoms. The van der Waals surface area contributed by atoms with E-state index in [0.29, 0.717) is 0 Å². The number of carbonyl (C=O) groups excluding carboxylic acids is 1. The minimum absolute atomic E-state index is 0.365. The van der Waals surface area contributed by atoms with Crippen LogP contribution in [-0.4, -0.2) is 13.1 Å². The van der Waals surface area contributed by atoms with Crippen molar-refractivity contribution < 1.29 is 9.53 Å². The molecule has 0 aliphatic carbocycles. The lowest BCUT2D eigenvalue weighted by atomic mass is 10.1.